The molecule has 1 aliphatic heterocycles. The second kappa shape index (κ2) is 4.16. The Morgan fingerprint density at radius 1 is 1.28 bits per heavy atom. The van der Waals surface area contributed by atoms with Crippen LogP contribution in [-0.4, -0.2) is 17.7 Å². The van der Waals surface area contributed by atoms with Gasteiger partial charge in [0.1, 0.15) is 5.76 Å². The van der Waals surface area contributed by atoms with Crippen LogP contribution in [0.3, 0.4) is 0 Å². The lowest BCUT2D eigenvalue weighted by molar-refractivity contribution is 0.380. The number of hydrogen-bond donors (Lipinski definition) is 0. The van der Waals surface area contributed by atoms with E-state index >= 15 is 0 Å². The monoisotopic (exact) mass is 242 g/mol. The van der Waals surface area contributed by atoms with Gasteiger partial charge in [0.2, 0.25) is 0 Å². The first-order valence-electron chi connectivity index (χ1n) is 6.49. The summed E-state index contributed by atoms with van der Waals surface area (Å²) in [6.07, 6.45) is 0.920. The zero-order chi connectivity index (χ0) is 12.7. The third kappa shape index (κ3) is 1.62. The molecular weight excluding hydrogens is 224 g/mol. The van der Waals surface area contributed by atoms with Crippen molar-refractivity contribution >= 4 is 5.69 Å². The number of aromatic nitrogens is 1. The Hall–Kier alpha value is -1.77. The van der Waals surface area contributed by atoms with E-state index in [-0.39, 0.29) is 0 Å². The molecule has 0 spiro atoms. The van der Waals surface area contributed by atoms with E-state index in [2.05, 4.69) is 48.2 Å². The van der Waals surface area contributed by atoms with Crippen LogP contribution in [-0.2, 0) is 6.42 Å². The molecule has 0 unspecified atom stereocenters. The number of nitrogens with zero attached hydrogens (tertiary/aromatic N) is 2. The SMILES string of the molecule is Cc1noc2c1-c1ccccc1N(C(C)C)CC2. The maximum absolute atomic E-state index is 5.47. The molecule has 3 heteroatoms. The predicted molar refractivity (Wildman–Crippen MR) is 72.9 cm³/mol. The van der Waals surface area contributed by atoms with Crippen molar-refractivity contribution in [3.05, 3.63) is 35.7 Å². The van der Waals surface area contributed by atoms with Crippen molar-refractivity contribution in [1.29, 1.82) is 0 Å². The van der Waals surface area contributed by atoms with Crippen LogP contribution in [0.2, 0.25) is 0 Å². The van der Waals surface area contributed by atoms with Crippen molar-refractivity contribution in [3.63, 3.8) is 0 Å². The minimum atomic E-state index is 0.489. The molecule has 0 amide bonds. The zero-order valence-corrected chi connectivity index (χ0v) is 11.1. The quantitative estimate of drug-likeness (QED) is 0.767. The van der Waals surface area contributed by atoms with Crippen molar-refractivity contribution < 1.29 is 4.52 Å². The Kier molecular flexibility index (Phi) is 2.62. The number of anilines is 1. The van der Waals surface area contributed by atoms with Gasteiger partial charge in [-0.25, -0.2) is 0 Å². The van der Waals surface area contributed by atoms with E-state index in [9.17, 15) is 0 Å². The molecule has 1 aromatic heterocycles. The summed E-state index contributed by atoms with van der Waals surface area (Å²) in [4.78, 5) is 2.43. The lowest BCUT2D eigenvalue weighted by atomic mass is 10.0. The van der Waals surface area contributed by atoms with Gasteiger partial charge in [0.05, 0.1) is 5.69 Å². The summed E-state index contributed by atoms with van der Waals surface area (Å²) in [7, 11) is 0. The molecule has 2 aromatic rings. The van der Waals surface area contributed by atoms with Gasteiger partial charge in [-0.2, -0.15) is 0 Å². The number of fused-ring (bicyclic) bond motifs is 3. The second-order valence-electron chi connectivity index (χ2n) is 5.12. The van der Waals surface area contributed by atoms with Gasteiger partial charge < -0.3 is 9.42 Å². The van der Waals surface area contributed by atoms with Crippen LogP contribution in [0.1, 0.15) is 25.3 Å². The molecule has 18 heavy (non-hydrogen) atoms. The first-order valence-corrected chi connectivity index (χ1v) is 6.49. The largest absolute Gasteiger partial charge is 0.368 e. The van der Waals surface area contributed by atoms with Crippen LogP contribution in [0.5, 0.6) is 0 Å². The first kappa shape index (κ1) is 11.3. The highest BCUT2D eigenvalue weighted by molar-refractivity contribution is 5.82. The molecule has 2 heterocycles. The average molecular weight is 242 g/mol. The van der Waals surface area contributed by atoms with Gasteiger partial charge in [0.15, 0.2) is 0 Å². The third-order valence-corrected chi connectivity index (χ3v) is 3.62. The fourth-order valence-corrected chi connectivity index (χ4v) is 2.75. The highest BCUT2D eigenvalue weighted by Gasteiger charge is 2.25. The highest BCUT2D eigenvalue weighted by atomic mass is 16.5. The van der Waals surface area contributed by atoms with Gasteiger partial charge >= 0.3 is 0 Å². The van der Waals surface area contributed by atoms with E-state index in [0.29, 0.717) is 6.04 Å². The number of para-hydroxylation sites is 1. The molecule has 3 nitrogen and oxygen atoms in total. The molecule has 0 saturated carbocycles. The summed E-state index contributed by atoms with van der Waals surface area (Å²) < 4.78 is 5.47. The minimum absolute atomic E-state index is 0.489. The molecule has 94 valence electrons. The van der Waals surface area contributed by atoms with Gasteiger partial charge in [0, 0.05) is 35.8 Å². The Bertz CT molecular complexity index is 572. The minimum Gasteiger partial charge on any atom is -0.368 e. The number of rotatable bonds is 1. The van der Waals surface area contributed by atoms with Gasteiger partial charge in [-0.3, -0.25) is 0 Å². The second-order valence-corrected chi connectivity index (χ2v) is 5.12. The summed E-state index contributed by atoms with van der Waals surface area (Å²) in [6.45, 7) is 7.46. The maximum Gasteiger partial charge on any atom is 0.146 e. The van der Waals surface area contributed by atoms with Crippen molar-refractivity contribution in [1.82, 2.24) is 5.16 Å². The molecule has 1 aromatic carbocycles. The molecule has 3 rings (SSSR count). The molecule has 0 saturated heterocycles. The normalized spacial score (nSPS) is 14.3. The lowest BCUT2D eigenvalue weighted by Crippen LogP contribution is -2.32. The Morgan fingerprint density at radius 2 is 2.06 bits per heavy atom. The highest BCUT2D eigenvalue weighted by Crippen LogP contribution is 2.38. The van der Waals surface area contributed by atoms with E-state index in [1.54, 1.807) is 0 Å². The smallest absolute Gasteiger partial charge is 0.146 e. The van der Waals surface area contributed by atoms with E-state index in [1.807, 2.05) is 6.92 Å². The van der Waals surface area contributed by atoms with Crippen LogP contribution in [0.25, 0.3) is 11.1 Å². The number of benzene rings is 1. The Morgan fingerprint density at radius 3 is 2.83 bits per heavy atom. The topological polar surface area (TPSA) is 29.3 Å². The molecule has 0 N–H and O–H groups in total. The van der Waals surface area contributed by atoms with Crippen LogP contribution in [0, 0.1) is 6.92 Å². The number of aryl methyl sites for hydroxylation is 1. The van der Waals surface area contributed by atoms with Crippen molar-refractivity contribution in [3.8, 4) is 11.1 Å². The summed E-state index contributed by atoms with van der Waals surface area (Å²) in [5.41, 5.74) is 4.71. The van der Waals surface area contributed by atoms with Gasteiger partial charge in [-0.05, 0) is 26.8 Å². The fourth-order valence-electron chi connectivity index (χ4n) is 2.75. The van der Waals surface area contributed by atoms with E-state index in [1.165, 1.54) is 16.8 Å². The third-order valence-electron chi connectivity index (χ3n) is 3.62. The van der Waals surface area contributed by atoms with Crippen molar-refractivity contribution in [2.45, 2.75) is 33.2 Å². The summed E-state index contributed by atoms with van der Waals surface area (Å²) in [5, 5.41) is 4.12. The summed E-state index contributed by atoms with van der Waals surface area (Å²) >= 11 is 0. The molecule has 0 bridgehead atoms. The van der Waals surface area contributed by atoms with Gasteiger partial charge in [-0.15, -0.1) is 0 Å². The van der Waals surface area contributed by atoms with E-state index < -0.39 is 0 Å². The zero-order valence-electron chi connectivity index (χ0n) is 11.1. The molecular formula is C15H18N2O. The fraction of sp³-hybridized carbons (Fsp3) is 0.400. The lowest BCUT2D eigenvalue weighted by Gasteiger charge is -2.28. The molecule has 0 atom stereocenters. The summed E-state index contributed by atoms with van der Waals surface area (Å²) in [6, 6.07) is 9.03. The van der Waals surface area contributed by atoms with E-state index in [4.69, 9.17) is 4.52 Å². The van der Waals surface area contributed by atoms with Crippen LogP contribution < -0.4 is 4.90 Å². The summed E-state index contributed by atoms with van der Waals surface area (Å²) in [5.74, 6) is 1.02. The van der Waals surface area contributed by atoms with Crippen molar-refractivity contribution in [2.75, 3.05) is 11.4 Å². The van der Waals surface area contributed by atoms with E-state index in [0.717, 1.165) is 24.4 Å². The van der Waals surface area contributed by atoms with Crippen LogP contribution in [0.4, 0.5) is 5.69 Å². The first-order chi connectivity index (χ1) is 8.68. The maximum atomic E-state index is 5.47. The van der Waals surface area contributed by atoms with Crippen LogP contribution in [0.15, 0.2) is 28.8 Å². The Labute approximate surface area is 107 Å². The average Bonchev–Trinajstić information content (AvgIpc) is 2.63. The predicted octanol–water partition coefficient (Wildman–Crippen LogP) is 3.42. The van der Waals surface area contributed by atoms with Gasteiger partial charge in [0.25, 0.3) is 0 Å². The Balaban J connectivity index is 2.24. The molecule has 0 fully saturated rings. The molecule has 1 aliphatic rings. The molecule has 0 aliphatic carbocycles. The van der Waals surface area contributed by atoms with Gasteiger partial charge in [-0.1, -0.05) is 23.4 Å². The standard InChI is InChI=1S/C15H18N2O/c1-10(2)17-9-8-14-15(11(3)16-18-14)12-6-4-5-7-13(12)17/h4-7,10H,8-9H2,1-3H3. The molecule has 0 radical (unpaired) electrons. The van der Waals surface area contributed by atoms with Crippen LogP contribution >= 0.6 is 0 Å². The van der Waals surface area contributed by atoms with Crippen molar-refractivity contribution in [2.24, 2.45) is 0 Å². The number of hydrogen-bond acceptors (Lipinski definition) is 3.